The van der Waals surface area contributed by atoms with Gasteiger partial charge in [-0.2, -0.15) is 0 Å². The van der Waals surface area contributed by atoms with Crippen molar-refractivity contribution in [2.24, 2.45) is 0 Å². The molecule has 0 aliphatic carbocycles. The smallest absolute Gasteiger partial charge is 0.147 e. The molecular weight excluding hydrogens is 585 g/mol. The summed E-state index contributed by atoms with van der Waals surface area (Å²) in [6, 6.07) is 60.1. The normalized spacial score (nSPS) is 11.8. The Labute approximate surface area is 277 Å². The number of furan rings is 2. The molecule has 0 radical (unpaired) electrons. The van der Waals surface area contributed by atoms with Crippen LogP contribution in [0.4, 0.5) is 0 Å². The highest BCUT2D eigenvalue weighted by atomic mass is 16.3. The molecule has 0 amide bonds. The summed E-state index contributed by atoms with van der Waals surface area (Å²) in [6.07, 6.45) is 0. The summed E-state index contributed by atoms with van der Waals surface area (Å²) in [4.78, 5) is 0. The number of hydrogen-bond acceptors (Lipinski definition) is 2. The first-order valence-corrected chi connectivity index (χ1v) is 16.4. The van der Waals surface area contributed by atoms with Crippen LogP contribution < -0.4 is 0 Å². The second kappa shape index (κ2) is 10.6. The Bertz CT molecular complexity index is 2750. The average Bonchev–Trinajstić information content (AvgIpc) is 3.73. The van der Waals surface area contributed by atoms with E-state index in [9.17, 15) is 0 Å². The van der Waals surface area contributed by atoms with Crippen molar-refractivity contribution >= 4 is 54.5 Å². The maximum absolute atomic E-state index is 6.85. The maximum Gasteiger partial charge on any atom is 0.147 e. The highest BCUT2D eigenvalue weighted by Gasteiger charge is 2.26. The van der Waals surface area contributed by atoms with Gasteiger partial charge in [-0.1, -0.05) is 152 Å². The van der Waals surface area contributed by atoms with E-state index in [1.165, 1.54) is 43.8 Å². The molecule has 2 heterocycles. The lowest BCUT2D eigenvalue weighted by Gasteiger charge is -2.18. The van der Waals surface area contributed by atoms with Crippen molar-refractivity contribution < 1.29 is 8.83 Å². The van der Waals surface area contributed by atoms with Crippen molar-refractivity contribution in [1.29, 1.82) is 0 Å². The predicted octanol–water partition coefficient (Wildman–Crippen LogP) is 13.3. The minimum atomic E-state index is 0.809. The van der Waals surface area contributed by atoms with Crippen molar-refractivity contribution in [2.45, 2.75) is 0 Å². The Kier molecular flexibility index (Phi) is 5.91. The van der Waals surface area contributed by atoms with Gasteiger partial charge in [0.2, 0.25) is 0 Å². The number of hydrogen-bond donors (Lipinski definition) is 0. The van der Waals surface area contributed by atoms with Crippen LogP contribution in [0.15, 0.2) is 179 Å². The molecular formula is C46H28O2. The topological polar surface area (TPSA) is 26.3 Å². The number of rotatable bonds is 4. The summed E-state index contributed by atoms with van der Waals surface area (Å²) >= 11 is 0. The van der Waals surface area contributed by atoms with E-state index >= 15 is 0 Å². The average molecular weight is 613 g/mol. The molecule has 0 N–H and O–H groups in total. The maximum atomic E-state index is 6.85. The highest BCUT2D eigenvalue weighted by molar-refractivity contribution is 6.28. The van der Waals surface area contributed by atoms with Gasteiger partial charge in [0.15, 0.2) is 0 Å². The molecule has 0 atom stereocenters. The molecule has 0 bridgehead atoms. The Hall–Kier alpha value is -6.38. The van der Waals surface area contributed by atoms with Gasteiger partial charge in [0, 0.05) is 27.5 Å². The molecule has 0 aliphatic rings. The van der Waals surface area contributed by atoms with Crippen LogP contribution in [0.1, 0.15) is 0 Å². The minimum absolute atomic E-state index is 0.809. The van der Waals surface area contributed by atoms with E-state index in [-0.39, 0.29) is 0 Å². The van der Waals surface area contributed by atoms with E-state index in [2.05, 4.69) is 152 Å². The van der Waals surface area contributed by atoms with Crippen molar-refractivity contribution in [3.05, 3.63) is 170 Å². The molecule has 0 fully saturated rings. The largest absolute Gasteiger partial charge is 0.455 e. The lowest BCUT2D eigenvalue weighted by molar-refractivity contribution is 0.631. The van der Waals surface area contributed by atoms with Crippen molar-refractivity contribution in [3.63, 3.8) is 0 Å². The van der Waals surface area contributed by atoms with E-state index in [1.54, 1.807) is 0 Å². The van der Waals surface area contributed by atoms with Crippen LogP contribution in [-0.2, 0) is 0 Å². The van der Waals surface area contributed by atoms with Crippen molar-refractivity contribution in [3.8, 4) is 44.7 Å². The van der Waals surface area contributed by atoms with Crippen LogP contribution in [0.5, 0.6) is 0 Å². The Balaban J connectivity index is 1.34. The lowest BCUT2D eigenvalue weighted by atomic mass is 9.84. The molecule has 48 heavy (non-hydrogen) atoms. The summed E-state index contributed by atoms with van der Waals surface area (Å²) in [5.74, 6) is 0.842. The Morgan fingerprint density at radius 2 is 0.771 bits per heavy atom. The fraction of sp³-hybridized carbons (Fsp3) is 0. The summed E-state index contributed by atoms with van der Waals surface area (Å²) in [5.41, 5.74) is 10.6. The minimum Gasteiger partial charge on any atom is -0.455 e. The summed E-state index contributed by atoms with van der Waals surface area (Å²) in [5, 5.41) is 7.93. The van der Waals surface area contributed by atoms with Gasteiger partial charge in [0.25, 0.3) is 0 Å². The van der Waals surface area contributed by atoms with Crippen LogP contribution in [0.2, 0.25) is 0 Å². The molecule has 0 saturated carbocycles. The second-order valence-electron chi connectivity index (χ2n) is 12.4. The molecule has 10 rings (SSSR count). The monoisotopic (exact) mass is 612 g/mol. The zero-order valence-electron chi connectivity index (χ0n) is 26.0. The van der Waals surface area contributed by atoms with Crippen LogP contribution >= 0.6 is 0 Å². The molecule has 8 aromatic carbocycles. The Morgan fingerprint density at radius 3 is 1.42 bits per heavy atom. The quantitative estimate of drug-likeness (QED) is 0.185. The van der Waals surface area contributed by atoms with Crippen LogP contribution in [0.3, 0.4) is 0 Å². The summed E-state index contributed by atoms with van der Waals surface area (Å²) < 4.78 is 13.5. The molecule has 2 nitrogen and oxygen atoms in total. The van der Waals surface area contributed by atoms with Gasteiger partial charge >= 0.3 is 0 Å². The third-order valence-corrected chi connectivity index (χ3v) is 9.70. The first-order chi connectivity index (χ1) is 23.8. The molecule has 2 heteroatoms. The standard InChI is InChI=1S/C46H28O2/c1-3-13-29(14-4-1)30-23-25-31(26-24-30)41-34-18-7-9-20-36(34)42(37-21-10-8-19-35(37)41)44-43-40(48-45(44)32-15-5-2-6-16-32)28-27-38-33-17-11-12-22-39(33)47-46(38)43/h1-28H. The zero-order chi connectivity index (χ0) is 31.6. The summed E-state index contributed by atoms with van der Waals surface area (Å²) in [6.45, 7) is 0. The van der Waals surface area contributed by atoms with Crippen LogP contribution in [0, 0.1) is 0 Å². The number of fused-ring (bicyclic) bond motifs is 7. The van der Waals surface area contributed by atoms with Crippen molar-refractivity contribution in [1.82, 2.24) is 0 Å². The van der Waals surface area contributed by atoms with Gasteiger partial charge in [-0.25, -0.2) is 0 Å². The Morgan fingerprint density at radius 1 is 0.271 bits per heavy atom. The molecule has 10 aromatic rings. The van der Waals surface area contributed by atoms with Crippen LogP contribution in [0.25, 0.3) is 99.2 Å². The lowest BCUT2D eigenvalue weighted by Crippen LogP contribution is -1.92. The first-order valence-electron chi connectivity index (χ1n) is 16.4. The van der Waals surface area contributed by atoms with E-state index in [0.29, 0.717) is 0 Å². The van der Waals surface area contributed by atoms with E-state index < -0.39 is 0 Å². The molecule has 2 aromatic heterocycles. The zero-order valence-corrected chi connectivity index (χ0v) is 26.0. The van der Waals surface area contributed by atoms with Gasteiger partial charge in [-0.3, -0.25) is 0 Å². The predicted molar refractivity (Wildman–Crippen MR) is 200 cm³/mol. The number of benzene rings is 8. The van der Waals surface area contributed by atoms with E-state index in [1.807, 2.05) is 18.2 Å². The highest BCUT2D eigenvalue weighted by Crippen LogP contribution is 2.51. The van der Waals surface area contributed by atoms with E-state index in [0.717, 1.165) is 55.4 Å². The van der Waals surface area contributed by atoms with Gasteiger partial charge < -0.3 is 8.83 Å². The van der Waals surface area contributed by atoms with Gasteiger partial charge in [0.1, 0.15) is 22.5 Å². The summed E-state index contributed by atoms with van der Waals surface area (Å²) in [7, 11) is 0. The van der Waals surface area contributed by atoms with Gasteiger partial charge in [-0.05, 0) is 62.0 Å². The number of para-hydroxylation sites is 1. The molecule has 0 spiro atoms. The fourth-order valence-electron chi connectivity index (χ4n) is 7.57. The SMILES string of the molecule is c1ccc(-c2ccc(-c3c4ccccc4c(-c4c(-c5ccccc5)oc5ccc6c7ccccc7oc6c45)c4ccccc34)cc2)cc1. The first kappa shape index (κ1) is 26.8. The van der Waals surface area contributed by atoms with Gasteiger partial charge in [-0.15, -0.1) is 0 Å². The van der Waals surface area contributed by atoms with Crippen LogP contribution in [-0.4, -0.2) is 0 Å². The van der Waals surface area contributed by atoms with Crippen molar-refractivity contribution in [2.75, 3.05) is 0 Å². The van der Waals surface area contributed by atoms with Gasteiger partial charge in [0.05, 0.1) is 5.39 Å². The van der Waals surface area contributed by atoms with E-state index in [4.69, 9.17) is 8.83 Å². The molecule has 0 unspecified atom stereocenters. The fourth-order valence-corrected chi connectivity index (χ4v) is 7.57. The third kappa shape index (κ3) is 4.00. The second-order valence-corrected chi connectivity index (χ2v) is 12.4. The third-order valence-electron chi connectivity index (χ3n) is 9.70. The molecule has 0 aliphatic heterocycles. The molecule has 224 valence electrons. The molecule has 0 saturated heterocycles.